The second kappa shape index (κ2) is 5.24. The number of piperazine rings is 1. The van der Waals surface area contributed by atoms with Gasteiger partial charge in [-0.3, -0.25) is 9.59 Å². The normalized spacial score (nSPS) is 27.8. The lowest BCUT2D eigenvalue weighted by molar-refractivity contribution is -0.158. The first kappa shape index (κ1) is 13.9. The quantitative estimate of drug-likeness (QED) is 0.766. The number of rotatable bonds is 2. The van der Waals surface area contributed by atoms with Gasteiger partial charge in [-0.05, 0) is 26.7 Å². The summed E-state index contributed by atoms with van der Waals surface area (Å²) in [5.41, 5.74) is -0.662. The van der Waals surface area contributed by atoms with Crippen LogP contribution in [0.1, 0.15) is 52.4 Å². The van der Waals surface area contributed by atoms with Crippen molar-refractivity contribution in [1.82, 2.24) is 10.2 Å². The van der Waals surface area contributed by atoms with E-state index < -0.39 is 11.6 Å². The first-order chi connectivity index (χ1) is 9.02. The molecule has 1 spiro atoms. The van der Waals surface area contributed by atoms with Gasteiger partial charge in [-0.25, -0.2) is 0 Å². The third-order valence-electron chi connectivity index (χ3n) is 4.40. The molecule has 2 fully saturated rings. The largest absolute Gasteiger partial charge is 0.340 e. The molecule has 1 heterocycles. The van der Waals surface area contributed by atoms with Gasteiger partial charge in [0, 0.05) is 12.5 Å². The molecule has 0 radical (unpaired) electrons. The molecule has 2 atom stereocenters. The van der Waals surface area contributed by atoms with E-state index in [-0.39, 0.29) is 17.9 Å². The van der Waals surface area contributed by atoms with E-state index in [0.29, 0.717) is 6.42 Å². The number of hydrogen-bond donors (Lipinski definition) is 1. The minimum atomic E-state index is -0.662. The van der Waals surface area contributed by atoms with Gasteiger partial charge in [0.15, 0.2) is 0 Å². The molecule has 2 unspecified atom stereocenters. The van der Waals surface area contributed by atoms with Gasteiger partial charge < -0.3 is 10.2 Å². The molecule has 104 valence electrons. The molecule has 2 aliphatic rings. The lowest BCUT2D eigenvalue weighted by Crippen LogP contribution is -2.71. The molecule has 0 aromatic rings. The van der Waals surface area contributed by atoms with Crippen LogP contribution in [0.15, 0.2) is 0 Å². The van der Waals surface area contributed by atoms with Gasteiger partial charge in [0.05, 0.1) is 0 Å². The molecule has 1 aliphatic carbocycles. The molecule has 1 N–H and O–H groups in total. The Balaban J connectivity index is 2.28. The van der Waals surface area contributed by atoms with Gasteiger partial charge >= 0.3 is 0 Å². The second-order valence-electron chi connectivity index (χ2n) is 5.78. The lowest BCUT2D eigenvalue weighted by Gasteiger charge is -2.48. The number of hydrogen-bond acceptors (Lipinski definition) is 2. The maximum absolute atomic E-state index is 12.8. The van der Waals surface area contributed by atoms with Crippen molar-refractivity contribution in [2.24, 2.45) is 0 Å². The van der Waals surface area contributed by atoms with E-state index in [9.17, 15) is 9.59 Å². The minimum Gasteiger partial charge on any atom is -0.340 e. The van der Waals surface area contributed by atoms with Crippen LogP contribution in [0.5, 0.6) is 0 Å². The maximum Gasteiger partial charge on any atom is 0.249 e. The maximum atomic E-state index is 12.8. The molecule has 2 rings (SSSR count). The van der Waals surface area contributed by atoms with Crippen molar-refractivity contribution in [2.75, 3.05) is 0 Å². The van der Waals surface area contributed by atoms with Crippen LogP contribution in [0.2, 0.25) is 0 Å². The summed E-state index contributed by atoms with van der Waals surface area (Å²) in [6.45, 7) is 3.69. The van der Waals surface area contributed by atoms with E-state index in [2.05, 4.69) is 11.2 Å². The summed E-state index contributed by atoms with van der Waals surface area (Å²) in [5, 5.41) is 2.98. The van der Waals surface area contributed by atoms with Crippen LogP contribution < -0.4 is 5.32 Å². The fourth-order valence-corrected chi connectivity index (χ4v) is 3.29. The number of nitrogens with zero attached hydrogens (tertiary/aromatic N) is 1. The second-order valence-corrected chi connectivity index (χ2v) is 5.78. The van der Waals surface area contributed by atoms with Crippen molar-refractivity contribution >= 4 is 11.8 Å². The van der Waals surface area contributed by atoms with Gasteiger partial charge in [-0.2, -0.15) is 0 Å². The zero-order chi connectivity index (χ0) is 14.0. The third-order valence-corrected chi connectivity index (χ3v) is 4.40. The first-order valence-corrected chi connectivity index (χ1v) is 7.10. The van der Waals surface area contributed by atoms with Crippen LogP contribution in [-0.2, 0) is 9.59 Å². The summed E-state index contributed by atoms with van der Waals surface area (Å²) >= 11 is 0. The fourth-order valence-electron chi connectivity index (χ4n) is 3.29. The molecule has 0 aromatic heterocycles. The SMILES string of the molecule is C#CCC(C)N1C(=O)C2(CCCCC2)NC(=O)C1C. The highest BCUT2D eigenvalue weighted by Gasteiger charge is 2.50. The van der Waals surface area contributed by atoms with Crippen molar-refractivity contribution < 1.29 is 9.59 Å². The summed E-state index contributed by atoms with van der Waals surface area (Å²) in [4.78, 5) is 26.7. The molecule has 1 saturated carbocycles. The van der Waals surface area contributed by atoms with E-state index in [0.717, 1.165) is 32.1 Å². The van der Waals surface area contributed by atoms with Crippen LogP contribution >= 0.6 is 0 Å². The van der Waals surface area contributed by atoms with Crippen molar-refractivity contribution in [3.63, 3.8) is 0 Å². The first-order valence-electron chi connectivity index (χ1n) is 7.10. The number of terminal acetylenes is 1. The zero-order valence-electron chi connectivity index (χ0n) is 11.7. The number of nitrogens with one attached hydrogen (secondary N) is 1. The summed E-state index contributed by atoms with van der Waals surface area (Å²) in [7, 11) is 0. The van der Waals surface area contributed by atoms with Crippen molar-refractivity contribution in [3.8, 4) is 12.3 Å². The Morgan fingerprint density at radius 1 is 1.42 bits per heavy atom. The van der Waals surface area contributed by atoms with Crippen molar-refractivity contribution in [2.45, 2.75) is 70.0 Å². The highest BCUT2D eigenvalue weighted by atomic mass is 16.2. The summed E-state index contributed by atoms with van der Waals surface area (Å²) < 4.78 is 0. The monoisotopic (exact) mass is 262 g/mol. The molecule has 0 bridgehead atoms. The number of amides is 2. The molecular formula is C15H22N2O2. The number of carbonyl (C=O) groups is 2. The van der Waals surface area contributed by atoms with E-state index >= 15 is 0 Å². The van der Waals surface area contributed by atoms with Gasteiger partial charge in [0.2, 0.25) is 11.8 Å². The highest BCUT2D eigenvalue weighted by Crippen LogP contribution is 2.34. The van der Waals surface area contributed by atoms with E-state index in [1.807, 2.05) is 6.92 Å². The predicted molar refractivity (Wildman–Crippen MR) is 73.2 cm³/mol. The van der Waals surface area contributed by atoms with Crippen LogP contribution in [0.4, 0.5) is 0 Å². The topological polar surface area (TPSA) is 49.4 Å². The molecule has 19 heavy (non-hydrogen) atoms. The molecule has 4 nitrogen and oxygen atoms in total. The van der Waals surface area contributed by atoms with Crippen LogP contribution in [-0.4, -0.2) is 34.3 Å². The highest BCUT2D eigenvalue weighted by molar-refractivity contribution is 5.99. The molecular weight excluding hydrogens is 240 g/mol. The van der Waals surface area contributed by atoms with Crippen LogP contribution in [0.3, 0.4) is 0 Å². The van der Waals surface area contributed by atoms with Crippen molar-refractivity contribution in [1.29, 1.82) is 0 Å². The average Bonchev–Trinajstić information content (AvgIpc) is 2.38. The fraction of sp³-hybridized carbons (Fsp3) is 0.733. The van der Waals surface area contributed by atoms with E-state index in [4.69, 9.17) is 6.42 Å². The zero-order valence-corrected chi connectivity index (χ0v) is 11.7. The Kier molecular flexibility index (Phi) is 3.84. The third kappa shape index (κ3) is 2.34. The Hall–Kier alpha value is -1.50. The van der Waals surface area contributed by atoms with E-state index in [1.54, 1.807) is 11.8 Å². The average molecular weight is 262 g/mol. The Morgan fingerprint density at radius 3 is 2.63 bits per heavy atom. The molecule has 1 aliphatic heterocycles. The van der Waals surface area contributed by atoms with E-state index in [1.165, 1.54) is 0 Å². The molecule has 4 heteroatoms. The van der Waals surface area contributed by atoms with Gasteiger partial charge in [-0.1, -0.05) is 19.3 Å². The van der Waals surface area contributed by atoms with Gasteiger partial charge in [0.1, 0.15) is 11.6 Å². The smallest absolute Gasteiger partial charge is 0.249 e. The Morgan fingerprint density at radius 2 is 2.05 bits per heavy atom. The van der Waals surface area contributed by atoms with Crippen LogP contribution in [0.25, 0.3) is 0 Å². The van der Waals surface area contributed by atoms with Gasteiger partial charge in [0.25, 0.3) is 0 Å². The Labute approximate surface area is 114 Å². The molecule has 2 amide bonds. The Bertz CT molecular complexity index is 418. The van der Waals surface area contributed by atoms with Crippen LogP contribution in [0, 0.1) is 12.3 Å². The molecule has 0 aromatic carbocycles. The standard InChI is InChI=1S/C15H22N2O2/c1-4-8-11(2)17-12(3)13(18)16-15(14(17)19)9-6-5-7-10-15/h1,11-12H,5-10H2,2-3H3,(H,16,18). The van der Waals surface area contributed by atoms with Gasteiger partial charge in [-0.15, -0.1) is 12.3 Å². The predicted octanol–water partition coefficient (Wildman–Crippen LogP) is 1.45. The van der Waals surface area contributed by atoms with Crippen molar-refractivity contribution in [3.05, 3.63) is 0 Å². The summed E-state index contributed by atoms with van der Waals surface area (Å²) in [5.74, 6) is 2.59. The number of carbonyl (C=O) groups excluding carboxylic acids is 2. The molecule has 1 saturated heterocycles. The summed E-state index contributed by atoms with van der Waals surface area (Å²) in [6.07, 6.45) is 10.5. The lowest BCUT2D eigenvalue weighted by atomic mass is 9.78. The summed E-state index contributed by atoms with van der Waals surface area (Å²) in [6, 6.07) is -0.513. The minimum absolute atomic E-state index is 0.0506.